The van der Waals surface area contributed by atoms with Gasteiger partial charge < -0.3 is 24.1 Å². The average molecular weight is 423 g/mol. The second-order valence-electron chi connectivity index (χ2n) is 7.40. The van der Waals surface area contributed by atoms with E-state index in [1.54, 1.807) is 54.5 Å². The molecule has 8 nitrogen and oxygen atoms in total. The number of fused-ring (bicyclic) bond motifs is 1. The zero-order valence-corrected chi connectivity index (χ0v) is 17.4. The Balaban J connectivity index is 1.49. The van der Waals surface area contributed by atoms with Crippen LogP contribution < -0.4 is 15.0 Å². The van der Waals surface area contributed by atoms with Crippen molar-refractivity contribution in [3.8, 4) is 11.5 Å². The first-order valence-corrected chi connectivity index (χ1v) is 10.3. The molecule has 1 aromatic heterocycles. The third-order valence-electron chi connectivity index (χ3n) is 5.22. The number of rotatable bonds is 8. The molecule has 2 heterocycles. The van der Waals surface area contributed by atoms with Crippen LogP contribution in [-0.2, 0) is 16.1 Å². The minimum atomic E-state index is -0.223. The molecule has 1 amide bonds. The molecular formula is C23H25N3O5. The lowest BCUT2D eigenvalue weighted by molar-refractivity contribution is -0.135. The maximum atomic E-state index is 13.0. The van der Waals surface area contributed by atoms with Gasteiger partial charge in [-0.1, -0.05) is 12.1 Å². The highest BCUT2D eigenvalue weighted by molar-refractivity contribution is 5.78. The maximum absolute atomic E-state index is 13.0. The highest BCUT2D eigenvalue weighted by Crippen LogP contribution is 2.18. The van der Waals surface area contributed by atoms with E-state index in [1.165, 1.54) is 0 Å². The predicted molar refractivity (Wildman–Crippen MR) is 115 cm³/mol. The van der Waals surface area contributed by atoms with Crippen molar-refractivity contribution in [1.29, 1.82) is 0 Å². The van der Waals surface area contributed by atoms with E-state index in [0.717, 1.165) is 12.8 Å². The summed E-state index contributed by atoms with van der Waals surface area (Å²) in [5.74, 6) is 1.51. The van der Waals surface area contributed by atoms with Crippen LogP contribution in [0.15, 0.2) is 53.3 Å². The van der Waals surface area contributed by atoms with Crippen molar-refractivity contribution < 1.29 is 19.0 Å². The number of amides is 1. The van der Waals surface area contributed by atoms with Crippen LogP contribution in [0.1, 0.15) is 18.7 Å². The van der Waals surface area contributed by atoms with Crippen molar-refractivity contribution in [1.82, 2.24) is 14.9 Å². The fraction of sp³-hybridized carbons (Fsp3) is 0.348. The van der Waals surface area contributed by atoms with E-state index >= 15 is 0 Å². The molecule has 4 rings (SSSR count). The summed E-state index contributed by atoms with van der Waals surface area (Å²) in [6.45, 7) is 1.16. The Bertz CT molecular complexity index is 1090. The molecule has 0 bridgehead atoms. The first-order chi connectivity index (χ1) is 15.1. The van der Waals surface area contributed by atoms with Crippen molar-refractivity contribution >= 4 is 16.8 Å². The van der Waals surface area contributed by atoms with Crippen LogP contribution in [-0.4, -0.2) is 53.7 Å². The largest absolute Gasteiger partial charge is 0.497 e. The van der Waals surface area contributed by atoms with E-state index in [9.17, 15) is 9.59 Å². The number of aromatic nitrogens is 2. The summed E-state index contributed by atoms with van der Waals surface area (Å²) in [5, 5.41) is 0.520. The van der Waals surface area contributed by atoms with Gasteiger partial charge in [0.25, 0.3) is 11.5 Å². The number of carbonyl (C=O) groups excluding carboxylic acids is 1. The molecule has 1 saturated heterocycles. The van der Waals surface area contributed by atoms with Crippen LogP contribution in [0.3, 0.4) is 0 Å². The molecular weight excluding hydrogens is 398 g/mol. The van der Waals surface area contributed by atoms with Gasteiger partial charge in [0.1, 0.15) is 17.3 Å². The van der Waals surface area contributed by atoms with E-state index in [2.05, 4.69) is 9.97 Å². The lowest BCUT2D eigenvalue weighted by Gasteiger charge is -2.25. The van der Waals surface area contributed by atoms with Crippen LogP contribution in [0, 0.1) is 0 Å². The Morgan fingerprint density at radius 2 is 1.97 bits per heavy atom. The van der Waals surface area contributed by atoms with Crippen LogP contribution >= 0.6 is 0 Å². The number of carbonyl (C=O) groups is 1. The van der Waals surface area contributed by atoms with Crippen LogP contribution in [0.2, 0.25) is 0 Å². The minimum Gasteiger partial charge on any atom is -0.497 e. The molecule has 1 aliphatic heterocycles. The molecule has 0 radical (unpaired) electrons. The monoisotopic (exact) mass is 423 g/mol. The zero-order valence-electron chi connectivity index (χ0n) is 17.4. The number of benzene rings is 2. The number of aromatic amines is 1. The normalized spacial score (nSPS) is 15.7. The maximum Gasteiger partial charge on any atom is 0.261 e. The quantitative estimate of drug-likeness (QED) is 0.598. The number of nitrogens with one attached hydrogen (secondary N) is 1. The number of H-pyrrole nitrogens is 1. The Labute approximate surface area is 179 Å². The van der Waals surface area contributed by atoms with Gasteiger partial charge in [0.15, 0.2) is 6.61 Å². The lowest BCUT2D eigenvalue weighted by atomic mass is 10.2. The predicted octanol–water partition coefficient (Wildman–Crippen LogP) is 2.52. The molecule has 0 unspecified atom stereocenters. The van der Waals surface area contributed by atoms with Crippen LogP contribution in [0.25, 0.3) is 10.9 Å². The number of methoxy groups -OCH3 is 1. The summed E-state index contributed by atoms with van der Waals surface area (Å²) in [6.07, 6.45) is 1.84. The Kier molecular flexibility index (Phi) is 6.47. The van der Waals surface area contributed by atoms with Crippen molar-refractivity contribution in [3.05, 3.63) is 64.7 Å². The van der Waals surface area contributed by atoms with Crippen molar-refractivity contribution in [2.24, 2.45) is 0 Å². The third-order valence-corrected chi connectivity index (χ3v) is 5.22. The second kappa shape index (κ2) is 9.61. The van der Waals surface area contributed by atoms with E-state index in [4.69, 9.17) is 14.2 Å². The molecule has 0 spiro atoms. The smallest absolute Gasteiger partial charge is 0.261 e. The van der Waals surface area contributed by atoms with Gasteiger partial charge in [0.05, 0.1) is 30.7 Å². The molecule has 0 aliphatic carbocycles. The summed E-state index contributed by atoms with van der Waals surface area (Å²) in [6, 6.07) is 14.2. The van der Waals surface area contributed by atoms with E-state index in [-0.39, 0.29) is 30.7 Å². The number of ether oxygens (including phenoxy) is 3. The molecule has 162 valence electrons. The van der Waals surface area contributed by atoms with Gasteiger partial charge >= 0.3 is 0 Å². The fourth-order valence-electron chi connectivity index (χ4n) is 3.59. The van der Waals surface area contributed by atoms with E-state index in [1.807, 2.05) is 6.07 Å². The van der Waals surface area contributed by atoms with Crippen LogP contribution in [0.5, 0.6) is 11.5 Å². The SMILES string of the molecule is COc1ccc(OCC(=O)N(Cc2nc3ccccc3c(=O)[nH]2)C[C@@H]2CCCO2)cc1. The topological polar surface area (TPSA) is 93.8 Å². The highest BCUT2D eigenvalue weighted by atomic mass is 16.5. The molecule has 1 N–H and O–H groups in total. The summed E-state index contributed by atoms with van der Waals surface area (Å²) in [5.41, 5.74) is 0.375. The summed E-state index contributed by atoms with van der Waals surface area (Å²) in [7, 11) is 1.59. The van der Waals surface area contributed by atoms with Gasteiger partial charge in [-0.2, -0.15) is 0 Å². The molecule has 1 atom stereocenters. The first-order valence-electron chi connectivity index (χ1n) is 10.3. The fourth-order valence-corrected chi connectivity index (χ4v) is 3.59. The molecule has 2 aromatic carbocycles. The molecule has 3 aromatic rings. The molecule has 0 saturated carbocycles. The Morgan fingerprint density at radius 1 is 1.19 bits per heavy atom. The number of para-hydroxylation sites is 1. The number of nitrogens with zero attached hydrogens (tertiary/aromatic N) is 2. The van der Waals surface area contributed by atoms with Gasteiger partial charge in [0, 0.05) is 13.2 Å². The molecule has 1 aliphatic rings. The van der Waals surface area contributed by atoms with Gasteiger partial charge in [-0.15, -0.1) is 0 Å². The summed E-state index contributed by atoms with van der Waals surface area (Å²) in [4.78, 5) is 34.3. The zero-order chi connectivity index (χ0) is 21.6. The van der Waals surface area contributed by atoms with Crippen molar-refractivity contribution in [3.63, 3.8) is 0 Å². The molecule has 8 heteroatoms. The van der Waals surface area contributed by atoms with Gasteiger partial charge in [-0.25, -0.2) is 4.98 Å². The second-order valence-corrected chi connectivity index (χ2v) is 7.40. The standard InChI is InChI=1S/C23H25N3O5/c1-29-16-8-10-17(11-9-16)31-15-22(27)26(13-18-5-4-12-30-18)14-21-24-20-7-3-2-6-19(20)23(28)25-21/h2-3,6-11,18H,4-5,12-15H2,1H3,(H,24,25,28)/t18-/m0/s1. The van der Waals surface area contributed by atoms with Crippen molar-refractivity contribution in [2.75, 3.05) is 26.9 Å². The highest BCUT2D eigenvalue weighted by Gasteiger charge is 2.24. The van der Waals surface area contributed by atoms with Gasteiger partial charge in [0.2, 0.25) is 0 Å². The Hall–Kier alpha value is -3.39. The lowest BCUT2D eigenvalue weighted by Crippen LogP contribution is -2.40. The van der Waals surface area contributed by atoms with Crippen LogP contribution in [0.4, 0.5) is 0 Å². The Morgan fingerprint density at radius 3 is 2.71 bits per heavy atom. The minimum absolute atomic E-state index is 0.0304. The van der Waals surface area contributed by atoms with E-state index in [0.29, 0.717) is 41.4 Å². The number of hydrogen-bond donors (Lipinski definition) is 1. The molecule has 31 heavy (non-hydrogen) atoms. The first kappa shape index (κ1) is 20.9. The summed E-state index contributed by atoms with van der Waals surface area (Å²) < 4.78 is 16.5. The van der Waals surface area contributed by atoms with Gasteiger partial charge in [-0.05, 0) is 49.2 Å². The number of hydrogen-bond acceptors (Lipinski definition) is 6. The summed E-state index contributed by atoms with van der Waals surface area (Å²) >= 11 is 0. The third kappa shape index (κ3) is 5.21. The van der Waals surface area contributed by atoms with E-state index < -0.39 is 0 Å². The average Bonchev–Trinajstić information content (AvgIpc) is 3.30. The molecule has 1 fully saturated rings. The van der Waals surface area contributed by atoms with Gasteiger partial charge in [-0.3, -0.25) is 9.59 Å². The van der Waals surface area contributed by atoms with Crippen molar-refractivity contribution in [2.45, 2.75) is 25.5 Å².